The zero-order valence-corrected chi connectivity index (χ0v) is 12.9. The number of rotatable bonds is 5. The number of hydrogen-bond acceptors (Lipinski definition) is 5. The van der Waals surface area contributed by atoms with Crippen LogP contribution in [0.4, 0.5) is 0 Å². The highest BCUT2D eigenvalue weighted by atomic mass is 32.2. The van der Waals surface area contributed by atoms with Gasteiger partial charge >= 0.3 is 0 Å². The number of fused-ring (bicyclic) bond motifs is 1. The van der Waals surface area contributed by atoms with E-state index < -0.39 is 0 Å². The summed E-state index contributed by atoms with van der Waals surface area (Å²) in [6, 6.07) is 11.3. The minimum absolute atomic E-state index is 0.0270. The van der Waals surface area contributed by atoms with Crippen LogP contribution in [0.25, 0.3) is 0 Å². The maximum atomic E-state index is 12.0. The molecule has 2 heterocycles. The zero-order valence-electron chi connectivity index (χ0n) is 12.1. The van der Waals surface area contributed by atoms with E-state index in [0.29, 0.717) is 5.75 Å². The Hall–Kier alpha value is -2.21. The minimum atomic E-state index is -0.0914. The highest BCUT2D eigenvalue weighted by molar-refractivity contribution is 7.99. The first kappa shape index (κ1) is 14.7. The first-order valence-corrected chi connectivity index (χ1v) is 7.93. The molecule has 0 unspecified atom stereocenters. The van der Waals surface area contributed by atoms with Crippen molar-refractivity contribution in [2.24, 2.45) is 0 Å². The fourth-order valence-electron chi connectivity index (χ4n) is 2.12. The number of carbonyl (C=O) groups excluding carboxylic acids is 1. The van der Waals surface area contributed by atoms with Crippen molar-refractivity contribution in [2.75, 3.05) is 12.5 Å². The predicted molar refractivity (Wildman–Crippen MR) is 84.1 cm³/mol. The van der Waals surface area contributed by atoms with Crippen LogP contribution in [0.15, 0.2) is 47.6 Å². The Morgan fingerprint density at radius 2 is 2.18 bits per heavy atom. The van der Waals surface area contributed by atoms with Gasteiger partial charge in [-0.2, -0.15) is 0 Å². The molecule has 1 aromatic carbocycles. The smallest absolute Gasteiger partial charge is 0.231 e. The standard InChI is InChI=1S/C16H16N2O3S/c1-11(12-5-6-13-14(8-12)21-10-20-13)18-15(19)9-22-16-4-2-3-7-17-16/h2-8,11H,9-10H2,1H3,(H,18,19)/t11-/m0/s1. The second kappa shape index (κ2) is 6.70. The van der Waals surface area contributed by atoms with Crippen molar-refractivity contribution in [2.45, 2.75) is 18.0 Å². The fraction of sp³-hybridized carbons (Fsp3) is 0.250. The molecule has 114 valence electrons. The Morgan fingerprint density at radius 1 is 1.32 bits per heavy atom. The Morgan fingerprint density at radius 3 is 3.00 bits per heavy atom. The molecular weight excluding hydrogens is 300 g/mol. The molecule has 0 bridgehead atoms. The number of hydrogen-bond donors (Lipinski definition) is 1. The third-order valence-corrected chi connectivity index (χ3v) is 4.21. The maximum Gasteiger partial charge on any atom is 0.231 e. The van der Waals surface area contributed by atoms with Crippen molar-refractivity contribution >= 4 is 17.7 Å². The number of pyridine rings is 1. The van der Waals surface area contributed by atoms with Gasteiger partial charge in [-0.25, -0.2) is 4.98 Å². The second-order valence-corrected chi connectivity index (χ2v) is 5.85. The van der Waals surface area contributed by atoms with Gasteiger partial charge in [0.15, 0.2) is 11.5 Å². The molecule has 1 aliphatic heterocycles. The highest BCUT2D eigenvalue weighted by Crippen LogP contribution is 2.34. The molecule has 1 aliphatic rings. The SMILES string of the molecule is C[C@H](NC(=O)CSc1ccccn1)c1ccc2c(c1)OCO2. The summed E-state index contributed by atoms with van der Waals surface area (Å²) in [5.41, 5.74) is 0.987. The summed E-state index contributed by atoms with van der Waals surface area (Å²) in [4.78, 5) is 16.2. The number of nitrogens with one attached hydrogen (secondary N) is 1. The number of aromatic nitrogens is 1. The molecule has 0 aliphatic carbocycles. The fourth-order valence-corrected chi connectivity index (χ4v) is 2.79. The average molecular weight is 316 g/mol. The van der Waals surface area contributed by atoms with Crippen LogP contribution in [0, 0.1) is 0 Å². The number of thioether (sulfide) groups is 1. The van der Waals surface area contributed by atoms with E-state index in [1.807, 2.05) is 43.3 Å². The van der Waals surface area contributed by atoms with E-state index >= 15 is 0 Å². The normalized spacial score (nSPS) is 13.7. The molecule has 1 aromatic heterocycles. The second-order valence-electron chi connectivity index (χ2n) is 4.86. The van der Waals surface area contributed by atoms with E-state index in [2.05, 4.69) is 10.3 Å². The predicted octanol–water partition coefficient (Wildman–Crippen LogP) is 2.78. The number of ether oxygens (including phenoxy) is 2. The van der Waals surface area contributed by atoms with Gasteiger partial charge in [0.1, 0.15) is 0 Å². The van der Waals surface area contributed by atoms with Crippen molar-refractivity contribution in [3.05, 3.63) is 48.2 Å². The molecule has 0 radical (unpaired) electrons. The molecule has 3 rings (SSSR count). The maximum absolute atomic E-state index is 12.0. The Bertz CT molecular complexity index is 664. The van der Waals surface area contributed by atoms with Gasteiger partial charge in [-0.15, -0.1) is 0 Å². The number of benzene rings is 1. The molecule has 2 aromatic rings. The molecule has 0 spiro atoms. The third-order valence-electron chi connectivity index (χ3n) is 3.26. The molecule has 1 atom stereocenters. The lowest BCUT2D eigenvalue weighted by Crippen LogP contribution is -2.28. The lowest BCUT2D eigenvalue weighted by molar-refractivity contribution is -0.119. The van der Waals surface area contributed by atoms with Gasteiger partial charge in [-0.3, -0.25) is 4.79 Å². The van der Waals surface area contributed by atoms with E-state index in [0.717, 1.165) is 22.1 Å². The molecule has 22 heavy (non-hydrogen) atoms. The molecule has 0 saturated carbocycles. The third kappa shape index (κ3) is 3.51. The topological polar surface area (TPSA) is 60.5 Å². The van der Waals surface area contributed by atoms with E-state index in [1.54, 1.807) is 6.20 Å². The number of nitrogens with zero attached hydrogens (tertiary/aromatic N) is 1. The van der Waals surface area contributed by atoms with Crippen molar-refractivity contribution in [3.63, 3.8) is 0 Å². The van der Waals surface area contributed by atoms with Gasteiger partial charge < -0.3 is 14.8 Å². The molecular formula is C16H16N2O3S. The summed E-state index contributed by atoms with van der Waals surface area (Å²) in [5, 5.41) is 3.81. The van der Waals surface area contributed by atoms with Gasteiger partial charge in [-0.1, -0.05) is 23.9 Å². The van der Waals surface area contributed by atoms with Gasteiger partial charge in [0.25, 0.3) is 0 Å². The van der Waals surface area contributed by atoms with Crippen LogP contribution >= 0.6 is 11.8 Å². The largest absolute Gasteiger partial charge is 0.454 e. The molecule has 5 nitrogen and oxygen atoms in total. The molecule has 6 heteroatoms. The summed E-state index contributed by atoms with van der Waals surface area (Å²) < 4.78 is 10.6. The van der Waals surface area contributed by atoms with Crippen molar-refractivity contribution in [1.29, 1.82) is 0 Å². The molecule has 1 amide bonds. The summed E-state index contributed by atoms with van der Waals surface area (Å²) >= 11 is 1.42. The zero-order chi connectivity index (χ0) is 15.4. The summed E-state index contributed by atoms with van der Waals surface area (Å²) in [5.74, 6) is 1.78. The van der Waals surface area contributed by atoms with E-state index in [4.69, 9.17) is 9.47 Å². The summed E-state index contributed by atoms with van der Waals surface area (Å²) in [7, 11) is 0. The van der Waals surface area contributed by atoms with Crippen LogP contribution in [0.1, 0.15) is 18.5 Å². The van der Waals surface area contributed by atoms with E-state index in [-0.39, 0.29) is 18.7 Å². The van der Waals surface area contributed by atoms with Gasteiger partial charge in [0.2, 0.25) is 12.7 Å². The van der Waals surface area contributed by atoms with Crippen LogP contribution in [-0.2, 0) is 4.79 Å². The van der Waals surface area contributed by atoms with Gasteiger partial charge in [0.05, 0.1) is 16.8 Å². The monoisotopic (exact) mass is 316 g/mol. The van der Waals surface area contributed by atoms with Crippen LogP contribution < -0.4 is 14.8 Å². The van der Waals surface area contributed by atoms with Crippen molar-refractivity contribution in [1.82, 2.24) is 10.3 Å². The number of amides is 1. The van der Waals surface area contributed by atoms with Crippen LogP contribution in [0.5, 0.6) is 11.5 Å². The van der Waals surface area contributed by atoms with Crippen LogP contribution in [-0.4, -0.2) is 23.4 Å². The summed E-state index contributed by atoms with van der Waals surface area (Å²) in [6.07, 6.45) is 1.72. The highest BCUT2D eigenvalue weighted by Gasteiger charge is 2.16. The van der Waals surface area contributed by atoms with Crippen molar-refractivity contribution in [3.8, 4) is 11.5 Å². The van der Waals surface area contributed by atoms with Crippen LogP contribution in [0.2, 0.25) is 0 Å². The Labute approximate surface area is 133 Å². The first-order valence-electron chi connectivity index (χ1n) is 6.95. The quantitative estimate of drug-likeness (QED) is 0.860. The summed E-state index contributed by atoms with van der Waals surface area (Å²) in [6.45, 7) is 2.20. The molecule has 0 fully saturated rings. The van der Waals surface area contributed by atoms with E-state index in [9.17, 15) is 4.79 Å². The first-order chi connectivity index (χ1) is 10.7. The van der Waals surface area contributed by atoms with Gasteiger partial charge in [-0.05, 0) is 36.8 Å². The van der Waals surface area contributed by atoms with E-state index in [1.165, 1.54) is 11.8 Å². The molecule has 1 N–H and O–H groups in total. The minimum Gasteiger partial charge on any atom is -0.454 e. The van der Waals surface area contributed by atoms with Crippen molar-refractivity contribution < 1.29 is 14.3 Å². The Kier molecular flexibility index (Phi) is 4.48. The molecule has 0 saturated heterocycles. The van der Waals surface area contributed by atoms with Gasteiger partial charge in [0, 0.05) is 6.20 Å². The average Bonchev–Trinajstić information content (AvgIpc) is 3.01. The Balaban J connectivity index is 1.55. The number of carbonyl (C=O) groups is 1. The lowest BCUT2D eigenvalue weighted by atomic mass is 10.1. The lowest BCUT2D eigenvalue weighted by Gasteiger charge is -2.14. The van der Waals surface area contributed by atoms with Crippen LogP contribution in [0.3, 0.4) is 0 Å².